The first-order chi connectivity index (χ1) is 9.95. The van der Waals surface area contributed by atoms with Gasteiger partial charge in [0.05, 0.1) is 5.69 Å². The van der Waals surface area contributed by atoms with Crippen LogP contribution in [0.2, 0.25) is 0 Å². The van der Waals surface area contributed by atoms with Crippen LogP contribution in [-0.4, -0.2) is 47.8 Å². The maximum Gasteiger partial charge on any atom is 0.333 e. The standard InChI is InChI=1S/C14H12N4O3/c1-4-9-5-7-10(8-6-9)15-16-11-12(19)17(2)14(21)18(3)13(11)20/h1,5-8,11H,2-3H3. The molecule has 1 aromatic carbocycles. The molecule has 1 fully saturated rings. The number of hydrogen-bond donors (Lipinski definition) is 0. The van der Waals surface area contributed by atoms with E-state index < -0.39 is 23.9 Å². The summed E-state index contributed by atoms with van der Waals surface area (Å²) < 4.78 is 0. The second-order valence-corrected chi connectivity index (χ2v) is 4.39. The smallest absolute Gasteiger partial charge is 0.271 e. The normalized spacial score (nSPS) is 16.7. The third-order valence-electron chi connectivity index (χ3n) is 3.03. The second-order valence-electron chi connectivity index (χ2n) is 4.39. The minimum atomic E-state index is -1.34. The number of nitrogens with zero attached hydrogens (tertiary/aromatic N) is 4. The summed E-state index contributed by atoms with van der Waals surface area (Å²) in [5.41, 5.74) is 1.14. The number of terminal acetylenes is 1. The SMILES string of the molecule is C#Cc1ccc(N=NC2C(=O)N(C)C(=O)N(C)C2=O)cc1. The molecule has 1 saturated heterocycles. The molecule has 0 aromatic heterocycles. The van der Waals surface area contributed by atoms with Crippen LogP contribution in [-0.2, 0) is 9.59 Å². The number of carbonyl (C=O) groups excluding carboxylic acids is 3. The van der Waals surface area contributed by atoms with E-state index in [0.717, 1.165) is 9.80 Å². The van der Waals surface area contributed by atoms with Crippen molar-refractivity contribution in [1.82, 2.24) is 9.80 Å². The third-order valence-corrected chi connectivity index (χ3v) is 3.03. The summed E-state index contributed by atoms with van der Waals surface area (Å²) in [7, 11) is 2.58. The van der Waals surface area contributed by atoms with Crippen LogP contribution in [0.4, 0.5) is 10.5 Å². The topological polar surface area (TPSA) is 82.4 Å². The van der Waals surface area contributed by atoms with E-state index in [9.17, 15) is 14.4 Å². The van der Waals surface area contributed by atoms with Gasteiger partial charge in [-0.3, -0.25) is 19.4 Å². The molecule has 0 bridgehead atoms. The zero-order valence-corrected chi connectivity index (χ0v) is 11.5. The Hall–Kier alpha value is -3.01. The Labute approximate surface area is 121 Å². The van der Waals surface area contributed by atoms with Crippen molar-refractivity contribution in [3.8, 4) is 12.3 Å². The molecule has 106 valence electrons. The van der Waals surface area contributed by atoms with Crippen molar-refractivity contribution in [1.29, 1.82) is 0 Å². The molecule has 0 saturated carbocycles. The number of amides is 4. The molecule has 1 aliphatic heterocycles. The summed E-state index contributed by atoms with van der Waals surface area (Å²) in [6, 6.07) is 4.55. The van der Waals surface area contributed by atoms with Crippen molar-refractivity contribution in [2.45, 2.75) is 6.04 Å². The van der Waals surface area contributed by atoms with Gasteiger partial charge in [0.15, 0.2) is 0 Å². The van der Waals surface area contributed by atoms with Gasteiger partial charge in [-0.15, -0.1) is 6.42 Å². The molecule has 0 N–H and O–H groups in total. The van der Waals surface area contributed by atoms with Crippen LogP contribution in [0.5, 0.6) is 0 Å². The molecule has 0 radical (unpaired) electrons. The monoisotopic (exact) mass is 284 g/mol. The Morgan fingerprint density at radius 2 is 1.57 bits per heavy atom. The predicted molar refractivity (Wildman–Crippen MR) is 73.6 cm³/mol. The van der Waals surface area contributed by atoms with E-state index in [2.05, 4.69) is 16.1 Å². The molecule has 0 atom stereocenters. The van der Waals surface area contributed by atoms with E-state index in [1.165, 1.54) is 14.1 Å². The fourth-order valence-corrected chi connectivity index (χ4v) is 1.73. The van der Waals surface area contributed by atoms with Crippen LogP contribution in [0, 0.1) is 12.3 Å². The summed E-state index contributed by atoms with van der Waals surface area (Å²) in [5, 5.41) is 7.60. The van der Waals surface area contributed by atoms with Gasteiger partial charge in [-0.05, 0) is 24.3 Å². The number of azo groups is 1. The Kier molecular flexibility index (Phi) is 3.80. The van der Waals surface area contributed by atoms with Gasteiger partial charge < -0.3 is 0 Å². The van der Waals surface area contributed by atoms with Gasteiger partial charge >= 0.3 is 6.03 Å². The first-order valence-electron chi connectivity index (χ1n) is 6.02. The molecule has 0 spiro atoms. The van der Waals surface area contributed by atoms with Gasteiger partial charge in [-0.25, -0.2) is 4.79 Å². The van der Waals surface area contributed by atoms with Gasteiger partial charge in [0.25, 0.3) is 11.8 Å². The van der Waals surface area contributed by atoms with Gasteiger partial charge in [-0.2, -0.15) is 10.2 Å². The Balaban J connectivity index is 2.22. The van der Waals surface area contributed by atoms with Crippen LogP contribution in [0.1, 0.15) is 5.56 Å². The molecular weight excluding hydrogens is 272 g/mol. The summed E-state index contributed by atoms with van der Waals surface area (Å²) in [5.74, 6) is 1.06. The number of rotatable bonds is 2. The quantitative estimate of drug-likeness (QED) is 0.464. The highest BCUT2D eigenvalue weighted by atomic mass is 16.2. The van der Waals surface area contributed by atoms with Crippen molar-refractivity contribution >= 4 is 23.5 Å². The highest BCUT2D eigenvalue weighted by Crippen LogP contribution is 2.17. The maximum atomic E-state index is 11.9. The fraction of sp³-hybridized carbons (Fsp3) is 0.214. The number of benzene rings is 1. The van der Waals surface area contributed by atoms with Crippen molar-refractivity contribution < 1.29 is 14.4 Å². The molecule has 1 heterocycles. The largest absolute Gasteiger partial charge is 0.333 e. The first-order valence-corrected chi connectivity index (χ1v) is 6.02. The van der Waals surface area contributed by atoms with E-state index in [-0.39, 0.29) is 0 Å². The number of barbiturate groups is 1. The molecular formula is C14H12N4O3. The van der Waals surface area contributed by atoms with Gasteiger partial charge in [0.2, 0.25) is 6.04 Å². The predicted octanol–water partition coefficient (Wildman–Crippen LogP) is 1.17. The lowest BCUT2D eigenvalue weighted by atomic mass is 10.2. The summed E-state index contributed by atoms with van der Waals surface area (Å²) in [6.45, 7) is 0. The van der Waals surface area contributed by atoms with Crippen molar-refractivity contribution in [2.24, 2.45) is 10.2 Å². The summed E-state index contributed by atoms with van der Waals surface area (Å²) >= 11 is 0. The van der Waals surface area contributed by atoms with E-state index in [1.807, 2.05) is 0 Å². The molecule has 21 heavy (non-hydrogen) atoms. The second kappa shape index (κ2) is 5.54. The molecule has 0 aliphatic carbocycles. The van der Waals surface area contributed by atoms with Crippen LogP contribution >= 0.6 is 0 Å². The minimum absolute atomic E-state index is 0.455. The summed E-state index contributed by atoms with van der Waals surface area (Å²) in [6.07, 6.45) is 5.23. The van der Waals surface area contributed by atoms with Crippen LogP contribution in [0.3, 0.4) is 0 Å². The van der Waals surface area contributed by atoms with Crippen LogP contribution in [0.25, 0.3) is 0 Å². The molecule has 2 rings (SSSR count). The van der Waals surface area contributed by atoms with Crippen molar-refractivity contribution in [3.63, 3.8) is 0 Å². The van der Waals surface area contributed by atoms with Crippen molar-refractivity contribution in [2.75, 3.05) is 14.1 Å². The van der Waals surface area contributed by atoms with Gasteiger partial charge in [0.1, 0.15) is 0 Å². The average molecular weight is 284 g/mol. The lowest BCUT2D eigenvalue weighted by Crippen LogP contribution is -2.58. The van der Waals surface area contributed by atoms with E-state index in [0.29, 0.717) is 11.3 Å². The number of imide groups is 2. The molecule has 0 unspecified atom stereocenters. The van der Waals surface area contributed by atoms with Crippen LogP contribution in [0.15, 0.2) is 34.5 Å². The Bertz CT molecular complexity index is 648. The van der Waals surface area contributed by atoms with Gasteiger partial charge in [-0.1, -0.05) is 5.92 Å². The lowest BCUT2D eigenvalue weighted by molar-refractivity contribution is -0.143. The van der Waals surface area contributed by atoms with E-state index >= 15 is 0 Å². The van der Waals surface area contributed by atoms with Crippen LogP contribution < -0.4 is 0 Å². The molecule has 7 heteroatoms. The Morgan fingerprint density at radius 3 is 2.05 bits per heavy atom. The highest BCUT2D eigenvalue weighted by molar-refractivity contribution is 6.18. The molecule has 4 amide bonds. The summed E-state index contributed by atoms with van der Waals surface area (Å²) in [4.78, 5) is 37.0. The molecule has 7 nitrogen and oxygen atoms in total. The average Bonchev–Trinajstić information content (AvgIpc) is 2.51. The zero-order chi connectivity index (χ0) is 15.6. The molecule has 1 aliphatic rings. The minimum Gasteiger partial charge on any atom is -0.271 e. The van der Waals surface area contributed by atoms with E-state index in [1.54, 1.807) is 24.3 Å². The zero-order valence-electron chi connectivity index (χ0n) is 11.5. The lowest BCUT2D eigenvalue weighted by Gasteiger charge is -2.30. The number of urea groups is 1. The molecule has 1 aromatic rings. The Morgan fingerprint density at radius 1 is 1.05 bits per heavy atom. The number of hydrogen-bond acceptors (Lipinski definition) is 5. The van der Waals surface area contributed by atoms with E-state index in [4.69, 9.17) is 6.42 Å². The fourth-order valence-electron chi connectivity index (χ4n) is 1.73. The number of carbonyl (C=O) groups is 3. The van der Waals surface area contributed by atoms with Gasteiger partial charge in [0, 0.05) is 19.7 Å². The van der Waals surface area contributed by atoms with Crippen molar-refractivity contribution in [3.05, 3.63) is 29.8 Å². The third kappa shape index (κ3) is 2.65. The number of likely N-dealkylation sites (N-methyl/N-ethyl adjacent to an activating group) is 2. The maximum absolute atomic E-state index is 11.9. The first kappa shape index (κ1) is 14.4. The highest BCUT2D eigenvalue weighted by Gasteiger charge is 2.42.